The highest BCUT2D eigenvalue weighted by Gasteiger charge is 2.14. The molecule has 5 nitrogen and oxygen atoms in total. The van der Waals surface area contributed by atoms with Gasteiger partial charge in [0.1, 0.15) is 4.90 Å². The molecule has 0 radical (unpaired) electrons. The first-order chi connectivity index (χ1) is 8.59. The molecule has 0 atom stereocenters. The Labute approximate surface area is 106 Å². The average Bonchev–Trinajstić information content (AvgIpc) is 2.86. The van der Waals surface area contributed by atoms with Crippen LogP contribution in [0.3, 0.4) is 0 Å². The second-order valence-electron chi connectivity index (χ2n) is 4.01. The minimum Gasteiger partial charge on any atom is -0.284 e. The molecule has 0 saturated heterocycles. The molecule has 2 aromatic rings. The summed E-state index contributed by atoms with van der Waals surface area (Å²) in [4.78, 5) is 0.160. The van der Waals surface area contributed by atoms with Gasteiger partial charge in [0.15, 0.2) is 0 Å². The normalized spacial score (nSPS) is 11.6. The van der Waals surface area contributed by atoms with Crippen LogP contribution in [0.2, 0.25) is 0 Å². The van der Waals surface area contributed by atoms with Crippen molar-refractivity contribution in [2.45, 2.75) is 18.2 Å². The topological polar surface area (TPSA) is 74.8 Å². The lowest BCUT2D eigenvalue weighted by atomic mass is 10.1. The van der Waals surface area contributed by atoms with Gasteiger partial charge in [0.05, 0.1) is 6.20 Å². The first kappa shape index (κ1) is 12.8. The highest BCUT2D eigenvalue weighted by molar-refractivity contribution is 7.89. The van der Waals surface area contributed by atoms with Crippen molar-refractivity contribution < 1.29 is 8.42 Å². The molecule has 18 heavy (non-hydrogen) atoms. The van der Waals surface area contributed by atoms with E-state index in [0.29, 0.717) is 13.0 Å². The van der Waals surface area contributed by atoms with Crippen LogP contribution >= 0.6 is 0 Å². The molecule has 2 rings (SSSR count). The molecule has 0 spiro atoms. The van der Waals surface area contributed by atoms with Crippen molar-refractivity contribution in [1.29, 1.82) is 0 Å². The molecule has 1 aromatic heterocycles. The summed E-state index contributed by atoms with van der Waals surface area (Å²) in [5.74, 6) is 0. The highest BCUT2D eigenvalue weighted by Crippen LogP contribution is 2.08. The van der Waals surface area contributed by atoms with Crippen molar-refractivity contribution in [3.63, 3.8) is 0 Å². The van der Waals surface area contributed by atoms with Gasteiger partial charge in [-0.2, -0.15) is 5.10 Å². The number of aromatic amines is 1. The van der Waals surface area contributed by atoms with Gasteiger partial charge >= 0.3 is 0 Å². The first-order valence-corrected chi connectivity index (χ1v) is 7.11. The van der Waals surface area contributed by atoms with Gasteiger partial charge in [-0.05, 0) is 24.5 Å². The lowest BCUT2D eigenvalue weighted by Gasteiger charge is -2.06. The summed E-state index contributed by atoms with van der Waals surface area (Å²) in [6, 6.07) is 7.93. The molecule has 0 unspecified atom stereocenters. The fourth-order valence-electron chi connectivity index (χ4n) is 1.68. The van der Waals surface area contributed by atoms with Gasteiger partial charge < -0.3 is 0 Å². The van der Waals surface area contributed by atoms with Crippen molar-refractivity contribution in [3.05, 3.63) is 47.8 Å². The van der Waals surface area contributed by atoms with Crippen LogP contribution in [0.4, 0.5) is 0 Å². The van der Waals surface area contributed by atoms with E-state index >= 15 is 0 Å². The molecule has 96 valence electrons. The number of rotatable bonds is 5. The number of aromatic nitrogens is 2. The van der Waals surface area contributed by atoms with Gasteiger partial charge in [-0.25, -0.2) is 13.1 Å². The Hall–Kier alpha value is -1.66. The maximum Gasteiger partial charge on any atom is 0.243 e. The van der Waals surface area contributed by atoms with E-state index in [2.05, 4.69) is 14.9 Å². The Balaban J connectivity index is 1.96. The first-order valence-electron chi connectivity index (χ1n) is 5.62. The van der Waals surface area contributed by atoms with E-state index in [1.807, 2.05) is 31.2 Å². The van der Waals surface area contributed by atoms with Gasteiger partial charge in [-0.1, -0.05) is 24.3 Å². The minimum atomic E-state index is -3.44. The van der Waals surface area contributed by atoms with Crippen LogP contribution in [0.25, 0.3) is 0 Å². The minimum absolute atomic E-state index is 0.160. The number of nitrogens with one attached hydrogen (secondary N) is 2. The molecule has 0 aliphatic rings. The Kier molecular flexibility index (Phi) is 3.78. The van der Waals surface area contributed by atoms with Crippen molar-refractivity contribution in [3.8, 4) is 0 Å². The lowest BCUT2D eigenvalue weighted by molar-refractivity contribution is 0.581. The summed E-state index contributed by atoms with van der Waals surface area (Å²) in [5, 5.41) is 6.11. The maximum absolute atomic E-state index is 11.8. The molecule has 0 fully saturated rings. The summed E-state index contributed by atoms with van der Waals surface area (Å²) in [5.41, 5.74) is 2.31. The number of hydrogen-bond donors (Lipinski definition) is 2. The summed E-state index contributed by atoms with van der Waals surface area (Å²) in [6.45, 7) is 2.39. The zero-order valence-corrected chi connectivity index (χ0v) is 10.9. The molecular weight excluding hydrogens is 250 g/mol. The predicted octanol–water partition coefficient (Wildman–Crippen LogP) is 1.24. The lowest BCUT2D eigenvalue weighted by Crippen LogP contribution is -2.25. The van der Waals surface area contributed by atoms with Gasteiger partial charge in [0.25, 0.3) is 0 Å². The van der Waals surface area contributed by atoms with E-state index in [0.717, 1.165) is 5.56 Å². The number of hydrogen-bond acceptors (Lipinski definition) is 3. The van der Waals surface area contributed by atoms with E-state index in [9.17, 15) is 8.42 Å². The third-order valence-corrected chi connectivity index (χ3v) is 4.16. The van der Waals surface area contributed by atoms with Crippen LogP contribution in [-0.4, -0.2) is 25.2 Å². The number of benzene rings is 1. The molecule has 1 aromatic carbocycles. The van der Waals surface area contributed by atoms with Gasteiger partial charge in [-0.3, -0.25) is 5.10 Å². The Morgan fingerprint density at radius 1 is 1.33 bits per heavy atom. The summed E-state index contributed by atoms with van der Waals surface area (Å²) >= 11 is 0. The van der Waals surface area contributed by atoms with Gasteiger partial charge in [-0.15, -0.1) is 0 Å². The molecule has 1 heterocycles. The Bertz CT molecular complexity index is 606. The number of sulfonamides is 1. The van der Waals surface area contributed by atoms with E-state index < -0.39 is 10.0 Å². The maximum atomic E-state index is 11.8. The van der Waals surface area contributed by atoms with Crippen LogP contribution in [0.5, 0.6) is 0 Å². The zero-order valence-electron chi connectivity index (χ0n) is 10.1. The molecule has 2 N–H and O–H groups in total. The largest absolute Gasteiger partial charge is 0.284 e. The number of nitrogens with zero attached hydrogens (tertiary/aromatic N) is 1. The molecule has 6 heteroatoms. The van der Waals surface area contributed by atoms with Crippen LogP contribution in [0.1, 0.15) is 11.1 Å². The molecule has 0 saturated carbocycles. The Morgan fingerprint density at radius 3 is 2.78 bits per heavy atom. The average molecular weight is 265 g/mol. The standard InChI is InChI=1S/C12H15N3O2S/c1-10-4-2-3-5-11(10)6-7-15-18(16,17)12-8-13-14-9-12/h2-5,8-9,15H,6-7H2,1H3,(H,13,14). The van der Waals surface area contributed by atoms with Crippen molar-refractivity contribution in [2.75, 3.05) is 6.54 Å². The molecule has 0 bridgehead atoms. The van der Waals surface area contributed by atoms with Gasteiger partial charge in [0.2, 0.25) is 10.0 Å². The van der Waals surface area contributed by atoms with Crippen LogP contribution in [-0.2, 0) is 16.4 Å². The number of aryl methyl sites for hydroxylation is 1. The monoisotopic (exact) mass is 265 g/mol. The number of H-pyrrole nitrogens is 1. The SMILES string of the molecule is Cc1ccccc1CCNS(=O)(=O)c1cn[nH]c1. The van der Waals surface area contributed by atoms with Crippen LogP contribution in [0, 0.1) is 6.92 Å². The van der Waals surface area contributed by atoms with Crippen LogP contribution in [0.15, 0.2) is 41.6 Å². The van der Waals surface area contributed by atoms with Crippen LogP contribution < -0.4 is 4.72 Å². The third kappa shape index (κ3) is 2.96. The van der Waals surface area contributed by atoms with E-state index in [1.165, 1.54) is 18.0 Å². The fourth-order valence-corrected chi connectivity index (χ4v) is 2.62. The van der Waals surface area contributed by atoms with E-state index in [-0.39, 0.29) is 4.90 Å². The molecule has 0 amide bonds. The predicted molar refractivity (Wildman–Crippen MR) is 68.7 cm³/mol. The Morgan fingerprint density at radius 2 is 2.11 bits per heavy atom. The smallest absolute Gasteiger partial charge is 0.243 e. The summed E-state index contributed by atoms with van der Waals surface area (Å²) in [6.07, 6.45) is 3.32. The van der Waals surface area contributed by atoms with Gasteiger partial charge in [0, 0.05) is 12.7 Å². The quantitative estimate of drug-likeness (QED) is 0.854. The van der Waals surface area contributed by atoms with Crippen molar-refractivity contribution in [2.24, 2.45) is 0 Å². The molecule has 0 aliphatic carbocycles. The molecule has 0 aliphatic heterocycles. The fraction of sp³-hybridized carbons (Fsp3) is 0.250. The van der Waals surface area contributed by atoms with Crippen molar-refractivity contribution >= 4 is 10.0 Å². The second kappa shape index (κ2) is 5.32. The van der Waals surface area contributed by atoms with E-state index in [4.69, 9.17) is 0 Å². The third-order valence-electron chi connectivity index (χ3n) is 2.73. The summed E-state index contributed by atoms with van der Waals surface area (Å²) in [7, 11) is -3.44. The van der Waals surface area contributed by atoms with Crippen molar-refractivity contribution in [1.82, 2.24) is 14.9 Å². The zero-order chi connectivity index (χ0) is 13.0. The highest BCUT2D eigenvalue weighted by atomic mass is 32.2. The molecular formula is C12H15N3O2S. The van der Waals surface area contributed by atoms with E-state index in [1.54, 1.807) is 0 Å². The summed E-state index contributed by atoms with van der Waals surface area (Å²) < 4.78 is 26.1. The second-order valence-corrected chi connectivity index (χ2v) is 5.78.